The number of aryl methyl sites for hydroxylation is 1. The summed E-state index contributed by atoms with van der Waals surface area (Å²) >= 11 is 0. The summed E-state index contributed by atoms with van der Waals surface area (Å²) in [5.74, 6) is 2.33. The second-order valence-electron chi connectivity index (χ2n) is 8.25. The first-order chi connectivity index (χ1) is 14.1. The van der Waals surface area contributed by atoms with E-state index in [2.05, 4.69) is 34.6 Å². The first-order valence-electron chi connectivity index (χ1n) is 11.1. The lowest BCUT2D eigenvalue weighted by atomic mass is 9.88. The van der Waals surface area contributed by atoms with Gasteiger partial charge in [0.1, 0.15) is 5.75 Å². The number of ether oxygens (including phenoxy) is 1. The Labute approximate surface area is 198 Å². The molecule has 1 unspecified atom stereocenters. The molecular weight excluding hydrogens is 491 g/mol. The van der Waals surface area contributed by atoms with Crippen molar-refractivity contribution in [1.82, 2.24) is 15.5 Å². The van der Waals surface area contributed by atoms with Gasteiger partial charge in [0.2, 0.25) is 5.91 Å². The Hall–Kier alpha value is -1.51. The number of nitrogens with one attached hydrogen (secondary N) is 2. The van der Waals surface area contributed by atoms with Crippen molar-refractivity contribution in [2.24, 2.45) is 10.9 Å². The maximum atomic E-state index is 12.8. The molecular formula is C23H37IN4O2. The fraction of sp³-hybridized carbons (Fsp3) is 0.652. The van der Waals surface area contributed by atoms with Crippen molar-refractivity contribution >= 4 is 35.8 Å². The summed E-state index contributed by atoms with van der Waals surface area (Å²) in [6, 6.07) is 6.43. The number of likely N-dealkylation sites (tertiary alicyclic amines) is 1. The van der Waals surface area contributed by atoms with Gasteiger partial charge in [0.25, 0.3) is 0 Å². The molecule has 0 radical (unpaired) electrons. The molecule has 1 aliphatic heterocycles. The highest BCUT2D eigenvalue weighted by atomic mass is 127. The minimum absolute atomic E-state index is 0. The van der Waals surface area contributed by atoms with E-state index in [-0.39, 0.29) is 35.9 Å². The van der Waals surface area contributed by atoms with E-state index in [1.54, 1.807) is 7.11 Å². The van der Waals surface area contributed by atoms with Gasteiger partial charge in [0.05, 0.1) is 13.7 Å². The average Bonchev–Trinajstić information content (AvgIpc) is 3.21. The molecule has 1 aliphatic carbocycles. The Morgan fingerprint density at radius 2 is 2.00 bits per heavy atom. The zero-order chi connectivity index (χ0) is 20.6. The van der Waals surface area contributed by atoms with Crippen LogP contribution in [0.2, 0.25) is 0 Å². The third-order valence-electron chi connectivity index (χ3n) is 6.02. The van der Waals surface area contributed by atoms with Crippen molar-refractivity contribution in [2.45, 2.75) is 65.0 Å². The summed E-state index contributed by atoms with van der Waals surface area (Å²) in [6.45, 7) is 7.17. The molecule has 1 aromatic carbocycles. The van der Waals surface area contributed by atoms with Gasteiger partial charge in [-0.2, -0.15) is 0 Å². The van der Waals surface area contributed by atoms with E-state index in [0.717, 1.165) is 61.7 Å². The number of halogens is 1. The lowest BCUT2D eigenvalue weighted by Gasteiger charge is -2.26. The van der Waals surface area contributed by atoms with E-state index in [1.165, 1.54) is 19.3 Å². The van der Waals surface area contributed by atoms with Crippen LogP contribution in [-0.4, -0.2) is 49.6 Å². The monoisotopic (exact) mass is 528 g/mol. The topological polar surface area (TPSA) is 66.0 Å². The van der Waals surface area contributed by atoms with Crippen LogP contribution in [0.25, 0.3) is 0 Å². The number of benzene rings is 1. The largest absolute Gasteiger partial charge is 0.496 e. The summed E-state index contributed by atoms with van der Waals surface area (Å²) in [5, 5.41) is 6.87. The summed E-state index contributed by atoms with van der Waals surface area (Å²) < 4.78 is 5.33. The number of hydrogen-bond acceptors (Lipinski definition) is 3. The predicted molar refractivity (Wildman–Crippen MR) is 133 cm³/mol. The SMILES string of the molecule is CCNC(=NCc1ccc(OC)c(C)c1)NC1CCN(C(=O)C2CCCCC2)C1.I. The van der Waals surface area contributed by atoms with E-state index >= 15 is 0 Å². The minimum Gasteiger partial charge on any atom is -0.496 e. The molecule has 1 aromatic rings. The molecule has 2 N–H and O–H groups in total. The molecule has 6 nitrogen and oxygen atoms in total. The van der Waals surface area contributed by atoms with Crippen molar-refractivity contribution in [3.8, 4) is 5.75 Å². The Balaban J connectivity index is 0.00000320. The van der Waals surface area contributed by atoms with E-state index in [1.807, 2.05) is 13.0 Å². The number of rotatable bonds is 6. The minimum atomic E-state index is 0. The second-order valence-corrected chi connectivity index (χ2v) is 8.25. The molecule has 2 aliphatic rings. The summed E-state index contributed by atoms with van der Waals surface area (Å²) in [7, 11) is 1.69. The van der Waals surface area contributed by atoms with Crippen molar-refractivity contribution in [3.63, 3.8) is 0 Å². The smallest absolute Gasteiger partial charge is 0.225 e. The van der Waals surface area contributed by atoms with Crippen LogP contribution in [0.5, 0.6) is 5.75 Å². The first kappa shape index (κ1) is 24.8. The molecule has 1 atom stereocenters. The van der Waals surface area contributed by atoms with Gasteiger partial charge in [0.15, 0.2) is 5.96 Å². The molecule has 1 heterocycles. The molecule has 1 saturated heterocycles. The molecule has 3 rings (SSSR count). The zero-order valence-corrected chi connectivity index (χ0v) is 20.9. The van der Waals surface area contributed by atoms with E-state index in [0.29, 0.717) is 12.5 Å². The van der Waals surface area contributed by atoms with Crippen LogP contribution in [0.3, 0.4) is 0 Å². The zero-order valence-electron chi connectivity index (χ0n) is 18.6. The fourth-order valence-electron chi connectivity index (χ4n) is 4.41. The Morgan fingerprint density at radius 3 is 2.67 bits per heavy atom. The number of hydrogen-bond donors (Lipinski definition) is 2. The third-order valence-corrected chi connectivity index (χ3v) is 6.02. The Kier molecular flexibility index (Phi) is 10.2. The van der Waals surface area contributed by atoms with Crippen LogP contribution in [-0.2, 0) is 11.3 Å². The van der Waals surface area contributed by atoms with Crippen LogP contribution in [0.1, 0.15) is 56.6 Å². The summed E-state index contributed by atoms with van der Waals surface area (Å²) in [5.41, 5.74) is 2.27. The van der Waals surface area contributed by atoms with E-state index in [9.17, 15) is 4.79 Å². The number of nitrogens with zero attached hydrogens (tertiary/aromatic N) is 2. The second kappa shape index (κ2) is 12.4. The van der Waals surface area contributed by atoms with Crippen LogP contribution in [0.15, 0.2) is 23.2 Å². The Morgan fingerprint density at radius 1 is 1.23 bits per heavy atom. The molecule has 0 spiro atoms. The van der Waals surface area contributed by atoms with Crippen molar-refractivity contribution < 1.29 is 9.53 Å². The number of methoxy groups -OCH3 is 1. The van der Waals surface area contributed by atoms with Gasteiger partial charge in [-0.25, -0.2) is 4.99 Å². The molecule has 2 fully saturated rings. The molecule has 0 bridgehead atoms. The maximum Gasteiger partial charge on any atom is 0.225 e. The van der Waals surface area contributed by atoms with Crippen LogP contribution >= 0.6 is 24.0 Å². The number of guanidine groups is 1. The molecule has 0 aromatic heterocycles. The van der Waals surface area contributed by atoms with Crippen molar-refractivity contribution in [3.05, 3.63) is 29.3 Å². The van der Waals surface area contributed by atoms with Gasteiger partial charge in [0, 0.05) is 31.6 Å². The number of aliphatic imine (C=N–C) groups is 1. The molecule has 1 saturated carbocycles. The fourth-order valence-corrected chi connectivity index (χ4v) is 4.41. The van der Waals surface area contributed by atoms with Gasteiger partial charge in [-0.3, -0.25) is 4.79 Å². The Bertz CT molecular complexity index is 719. The van der Waals surface area contributed by atoms with Gasteiger partial charge in [-0.05, 0) is 50.3 Å². The van der Waals surface area contributed by atoms with E-state index in [4.69, 9.17) is 9.73 Å². The normalized spacial score (nSPS) is 19.9. The van der Waals surface area contributed by atoms with Gasteiger partial charge in [-0.15, -0.1) is 24.0 Å². The lowest BCUT2D eigenvalue weighted by molar-refractivity contribution is -0.135. The molecule has 7 heteroatoms. The van der Waals surface area contributed by atoms with Gasteiger partial charge >= 0.3 is 0 Å². The van der Waals surface area contributed by atoms with Crippen LogP contribution in [0.4, 0.5) is 0 Å². The average molecular weight is 528 g/mol. The highest BCUT2D eigenvalue weighted by Crippen LogP contribution is 2.26. The molecule has 30 heavy (non-hydrogen) atoms. The van der Waals surface area contributed by atoms with Gasteiger partial charge < -0.3 is 20.3 Å². The number of carbonyl (C=O) groups is 1. The maximum absolute atomic E-state index is 12.8. The standard InChI is InChI=1S/C23H36N4O2.HI/c1-4-24-23(25-15-18-10-11-21(29-3)17(2)14-18)26-20-12-13-27(16-20)22(28)19-8-6-5-7-9-19;/h10-11,14,19-20H,4-9,12-13,15-16H2,1-3H3,(H2,24,25,26);1H. The van der Waals surface area contributed by atoms with Gasteiger partial charge in [-0.1, -0.05) is 31.4 Å². The van der Waals surface area contributed by atoms with Crippen LogP contribution in [0, 0.1) is 12.8 Å². The highest BCUT2D eigenvalue weighted by molar-refractivity contribution is 14.0. The first-order valence-corrected chi connectivity index (χ1v) is 11.1. The number of carbonyl (C=O) groups excluding carboxylic acids is 1. The number of amides is 1. The predicted octanol–water partition coefficient (Wildman–Crippen LogP) is 3.86. The summed E-state index contributed by atoms with van der Waals surface area (Å²) in [4.78, 5) is 19.6. The molecule has 1 amide bonds. The van der Waals surface area contributed by atoms with Crippen LogP contribution < -0.4 is 15.4 Å². The van der Waals surface area contributed by atoms with Crippen molar-refractivity contribution in [1.29, 1.82) is 0 Å². The summed E-state index contributed by atoms with van der Waals surface area (Å²) in [6.07, 6.45) is 6.80. The third kappa shape index (κ3) is 6.75. The van der Waals surface area contributed by atoms with Crippen molar-refractivity contribution in [2.75, 3.05) is 26.7 Å². The van der Waals surface area contributed by atoms with E-state index < -0.39 is 0 Å². The highest BCUT2D eigenvalue weighted by Gasteiger charge is 2.31. The quantitative estimate of drug-likeness (QED) is 0.335. The lowest BCUT2D eigenvalue weighted by Crippen LogP contribution is -2.45. The molecule has 168 valence electrons.